The average Bonchev–Trinajstić information content (AvgIpc) is 3.44. The second-order valence-corrected chi connectivity index (χ2v) is 10.3. The van der Waals surface area contributed by atoms with Crippen molar-refractivity contribution < 1.29 is 34.0 Å². The number of pyridine rings is 1. The van der Waals surface area contributed by atoms with Gasteiger partial charge in [-0.3, -0.25) is 4.79 Å². The number of carboxylic acids is 2. The van der Waals surface area contributed by atoms with E-state index in [1.807, 2.05) is 19.1 Å². The van der Waals surface area contributed by atoms with E-state index in [1.54, 1.807) is 34.9 Å². The lowest BCUT2D eigenvalue weighted by atomic mass is 9.97. The first-order valence-corrected chi connectivity index (χ1v) is 14.1. The molecule has 1 aromatic heterocycles. The zero-order chi connectivity index (χ0) is 29.8. The SMILES string of the molecule is CCCCCOc1ccc2c(c1)c(=O)c(Cc1cccc(C(=O)O)c1)c(C(=O)O)n2Cc1cc2c(cc1CC)OCO2. The molecule has 0 saturated heterocycles. The van der Waals surface area contributed by atoms with Crippen LogP contribution in [-0.2, 0) is 19.4 Å². The Balaban J connectivity index is 1.70. The highest BCUT2D eigenvalue weighted by atomic mass is 16.7. The number of unbranched alkanes of at least 4 members (excludes halogenated alkanes) is 2. The van der Waals surface area contributed by atoms with Gasteiger partial charge in [0.15, 0.2) is 16.9 Å². The van der Waals surface area contributed by atoms with Crippen molar-refractivity contribution in [2.45, 2.75) is 52.5 Å². The second-order valence-electron chi connectivity index (χ2n) is 10.3. The Bertz CT molecular complexity index is 1720. The summed E-state index contributed by atoms with van der Waals surface area (Å²) in [4.78, 5) is 38.5. The molecule has 0 amide bonds. The van der Waals surface area contributed by atoms with Gasteiger partial charge in [0.1, 0.15) is 11.4 Å². The number of fused-ring (bicyclic) bond motifs is 2. The Morgan fingerprint density at radius 1 is 0.929 bits per heavy atom. The molecule has 4 aromatic rings. The van der Waals surface area contributed by atoms with E-state index in [1.165, 1.54) is 12.1 Å². The van der Waals surface area contributed by atoms with Gasteiger partial charge in [0.05, 0.1) is 17.7 Å². The number of hydrogen-bond donors (Lipinski definition) is 2. The molecular weight excluding hydrogens is 538 g/mol. The van der Waals surface area contributed by atoms with Gasteiger partial charge >= 0.3 is 11.9 Å². The van der Waals surface area contributed by atoms with E-state index in [9.17, 15) is 24.6 Å². The number of benzene rings is 3. The fourth-order valence-electron chi connectivity index (χ4n) is 5.38. The molecular formula is C33H33NO8. The smallest absolute Gasteiger partial charge is 0.352 e. The predicted octanol–water partition coefficient (Wildman–Crippen LogP) is 5.90. The van der Waals surface area contributed by atoms with Crippen LogP contribution in [0.3, 0.4) is 0 Å². The molecule has 1 aliphatic rings. The van der Waals surface area contributed by atoms with Gasteiger partial charge in [0, 0.05) is 23.9 Å². The van der Waals surface area contributed by atoms with E-state index in [-0.39, 0.29) is 36.6 Å². The summed E-state index contributed by atoms with van der Waals surface area (Å²) >= 11 is 0. The van der Waals surface area contributed by atoms with E-state index in [2.05, 4.69) is 6.92 Å². The van der Waals surface area contributed by atoms with Crippen molar-refractivity contribution in [3.8, 4) is 17.2 Å². The molecule has 0 radical (unpaired) electrons. The third-order valence-electron chi connectivity index (χ3n) is 7.51. The molecule has 1 aliphatic heterocycles. The van der Waals surface area contributed by atoms with Crippen molar-refractivity contribution in [1.29, 1.82) is 0 Å². The lowest BCUT2D eigenvalue weighted by Gasteiger charge is -2.20. The van der Waals surface area contributed by atoms with Crippen LogP contribution in [0.15, 0.2) is 59.4 Å². The summed E-state index contributed by atoms with van der Waals surface area (Å²) in [5, 5.41) is 20.3. The lowest BCUT2D eigenvalue weighted by molar-refractivity contribution is 0.0677. The molecule has 0 spiro atoms. The predicted molar refractivity (Wildman–Crippen MR) is 157 cm³/mol. The Hall–Kier alpha value is -4.79. The summed E-state index contributed by atoms with van der Waals surface area (Å²) < 4.78 is 18.7. The number of rotatable bonds is 12. The zero-order valence-electron chi connectivity index (χ0n) is 23.6. The number of aryl methyl sites for hydroxylation is 1. The Labute approximate surface area is 242 Å². The van der Waals surface area contributed by atoms with Crippen molar-refractivity contribution in [2.24, 2.45) is 0 Å². The van der Waals surface area contributed by atoms with E-state index in [0.29, 0.717) is 46.7 Å². The fourth-order valence-corrected chi connectivity index (χ4v) is 5.38. The minimum absolute atomic E-state index is 0.0547. The molecule has 218 valence electrons. The van der Waals surface area contributed by atoms with Gasteiger partial charge in [-0.25, -0.2) is 9.59 Å². The molecule has 9 nitrogen and oxygen atoms in total. The van der Waals surface area contributed by atoms with Crippen LogP contribution in [0.1, 0.15) is 76.2 Å². The standard InChI is InChI=1S/C33H33NO8/c1-3-5-6-12-40-24-10-11-27-25(17-24)31(35)26(14-20-8-7-9-22(13-20)32(36)37)30(33(38)39)34(27)18-23-16-29-28(41-19-42-29)15-21(23)4-2/h7-11,13,15-17H,3-6,12,14,18-19H2,1-2H3,(H,36,37)(H,38,39). The summed E-state index contributed by atoms with van der Waals surface area (Å²) in [7, 11) is 0. The molecule has 0 unspecified atom stereocenters. The number of aromatic nitrogens is 1. The third-order valence-corrected chi connectivity index (χ3v) is 7.51. The van der Waals surface area contributed by atoms with Gasteiger partial charge in [0.25, 0.3) is 0 Å². The van der Waals surface area contributed by atoms with Crippen molar-refractivity contribution in [3.05, 3.63) is 98.3 Å². The highest BCUT2D eigenvalue weighted by molar-refractivity contribution is 5.93. The minimum Gasteiger partial charge on any atom is -0.494 e. The topological polar surface area (TPSA) is 124 Å². The molecule has 42 heavy (non-hydrogen) atoms. The molecule has 0 aliphatic carbocycles. The van der Waals surface area contributed by atoms with Crippen LogP contribution < -0.4 is 19.6 Å². The van der Waals surface area contributed by atoms with Crippen LogP contribution in [0, 0.1) is 0 Å². The third kappa shape index (κ3) is 5.81. The van der Waals surface area contributed by atoms with Crippen molar-refractivity contribution in [2.75, 3.05) is 13.4 Å². The number of carboxylic acid groups (broad SMARTS) is 2. The summed E-state index contributed by atoms with van der Waals surface area (Å²) in [5.41, 5.74) is 2.33. The summed E-state index contributed by atoms with van der Waals surface area (Å²) in [5.74, 6) is -0.606. The fraction of sp³-hybridized carbons (Fsp3) is 0.303. The number of hydrogen-bond acceptors (Lipinski definition) is 6. The normalized spacial score (nSPS) is 12.0. The Morgan fingerprint density at radius 2 is 1.69 bits per heavy atom. The summed E-state index contributed by atoms with van der Waals surface area (Å²) in [6.07, 6.45) is 3.58. The van der Waals surface area contributed by atoms with Crippen LogP contribution in [0.25, 0.3) is 10.9 Å². The number of ether oxygens (including phenoxy) is 3. The van der Waals surface area contributed by atoms with Gasteiger partial charge in [-0.05, 0) is 72.0 Å². The second kappa shape index (κ2) is 12.4. The van der Waals surface area contributed by atoms with Crippen molar-refractivity contribution in [1.82, 2.24) is 4.57 Å². The molecule has 2 heterocycles. The quantitative estimate of drug-likeness (QED) is 0.202. The number of nitrogens with zero attached hydrogens (tertiary/aromatic N) is 1. The van der Waals surface area contributed by atoms with Crippen LogP contribution >= 0.6 is 0 Å². The number of carbonyl (C=O) groups is 2. The average molecular weight is 572 g/mol. The van der Waals surface area contributed by atoms with Crippen LogP contribution in [0.2, 0.25) is 0 Å². The Kier molecular flexibility index (Phi) is 8.47. The zero-order valence-corrected chi connectivity index (χ0v) is 23.6. The van der Waals surface area contributed by atoms with E-state index in [4.69, 9.17) is 14.2 Å². The Morgan fingerprint density at radius 3 is 2.38 bits per heavy atom. The largest absolute Gasteiger partial charge is 0.494 e. The summed E-state index contributed by atoms with van der Waals surface area (Å²) in [6.45, 7) is 4.90. The van der Waals surface area contributed by atoms with Crippen LogP contribution in [0.4, 0.5) is 0 Å². The maximum atomic E-state index is 14.0. The molecule has 0 bridgehead atoms. The van der Waals surface area contributed by atoms with Gasteiger partial charge in [0.2, 0.25) is 6.79 Å². The maximum Gasteiger partial charge on any atom is 0.352 e. The van der Waals surface area contributed by atoms with Crippen LogP contribution in [-0.4, -0.2) is 40.1 Å². The van der Waals surface area contributed by atoms with Gasteiger partial charge < -0.3 is 29.0 Å². The van der Waals surface area contributed by atoms with Gasteiger partial charge in [-0.2, -0.15) is 0 Å². The first-order chi connectivity index (χ1) is 20.3. The molecule has 0 atom stereocenters. The highest BCUT2D eigenvalue weighted by Crippen LogP contribution is 2.36. The molecule has 3 aromatic carbocycles. The van der Waals surface area contributed by atoms with Gasteiger partial charge in [-0.15, -0.1) is 0 Å². The van der Waals surface area contributed by atoms with E-state index < -0.39 is 17.4 Å². The first kappa shape index (κ1) is 28.7. The van der Waals surface area contributed by atoms with E-state index >= 15 is 0 Å². The lowest BCUT2D eigenvalue weighted by Crippen LogP contribution is -2.25. The molecule has 5 rings (SSSR count). The first-order valence-electron chi connectivity index (χ1n) is 14.1. The maximum absolute atomic E-state index is 14.0. The van der Waals surface area contributed by atoms with Gasteiger partial charge in [-0.1, -0.05) is 38.8 Å². The van der Waals surface area contributed by atoms with Crippen molar-refractivity contribution >= 4 is 22.8 Å². The minimum atomic E-state index is -1.25. The van der Waals surface area contributed by atoms with Crippen LogP contribution in [0.5, 0.6) is 17.2 Å². The van der Waals surface area contributed by atoms with Crippen molar-refractivity contribution in [3.63, 3.8) is 0 Å². The number of aromatic carboxylic acids is 2. The molecule has 0 saturated carbocycles. The monoisotopic (exact) mass is 571 g/mol. The highest BCUT2D eigenvalue weighted by Gasteiger charge is 2.25. The van der Waals surface area contributed by atoms with E-state index in [0.717, 1.165) is 30.4 Å². The summed E-state index contributed by atoms with van der Waals surface area (Å²) in [6, 6.07) is 15.1. The molecule has 2 N–H and O–H groups in total. The molecule has 0 fully saturated rings. The molecule has 9 heteroatoms.